The molecule has 0 spiro atoms. The number of ketones is 1. The Labute approximate surface area is 95.8 Å². The number of carbonyl (C=O) groups excluding carboxylic acids is 1. The van der Waals surface area contributed by atoms with Gasteiger partial charge >= 0.3 is 0 Å². The molecule has 1 aromatic heterocycles. The van der Waals surface area contributed by atoms with Crippen molar-refractivity contribution in [1.82, 2.24) is 0 Å². The van der Waals surface area contributed by atoms with E-state index in [1.807, 2.05) is 0 Å². The lowest BCUT2D eigenvalue weighted by Crippen LogP contribution is -1.97. The zero-order chi connectivity index (χ0) is 10.8. The summed E-state index contributed by atoms with van der Waals surface area (Å²) in [6, 6.07) is 9.63. The van der Waals surface area contributed by atoms with E-state index in [1.54, 1.807) is 24.3 Å². The molecule has 0 radical (unpaired) electrons. The molecule has 76 valence electrons. The van der Waals surface area contributed by atoms with Gasteiger partial charge in [0.15, 0.2) is 0 Å². The van der Waals surface area contributed by atoms with E-state index in [9.17, 15) is 9.90 Å². The quantitative estimate of drug-likeness (QED) is 0.815. The van der Waals surface area contributed by atoms with E-state index < -0.39 is 0 Å². The second kappa shape index (κ2) is 4.04. The highest BCUT2D eigenvalue weighted by Gasteiger charge is 2.11. The Morgan fingerprint density at radius 3 is 2.67 bits per heavy atom. The number of aromatic hydroxyl groups is 1. The van der Waals surface area contributed by atoms with Crippen molar-refractivity contribution in [2.75, 3.05) is 0 Å². The lowest BCUT2D eigenvalue weighted by atomic mass is 10.1. The molecular weight excluding hydrogens is 232 g/mol. The fraction of sp³-hybridized carbons (Fsp3) is 0. The van der Waals surface area contributed by atoms with Crippen molar-refractivity contribution >= 4 is 28.7 Å². The van der Waals surface area contributed by atoms with Gasteiger partial charge in [0.2, 0.25) is 5.78 Å². The van der Waals surface area contributed by atoms with Crippen molar-refractivity contribution in [3.05, 3.63) is 51.2 Å². The van der Waals surface area contributed by atoms with Crippen LogP contribution in [0.1, 0.15) is 15.2 Å². The van der Waals surface area contributed by atoms with Gasteiger partial charge in [0.05, 0.1) is 9.21 Å². The highest BCUT2D eigenvalue weighted by atomic mass is 35.5. The van der Waals surface area contributed by atoms with Crippen LogP contribution in [0.25, 0.3) is 0 Å². The summed E-state index contributed by atoms with van der Waals surface area (Å²) in [7, 11) is 0. The largest absolute Gasteiger partial charge is 0.508 e. The van der Waals surface area contributed by atoms with E-state index in [0.717, 1.165) is 0 Å². The Kier molecular flexibility index (Phi) is 2.75. The summed E-state index contributed by atoms with van der Waals surface area (Å²) >= 11 is 6.97. The number of hydrogen-bond donors (Lipinski definition) is 1. The summed E-state index contributed by atoms with van der Waals surface area (Å²) in [6.45, 7) is 0. The molecule has 2 aromatic rings. The second-order valence-electron chi connectivity index (χ2n) is 2.98. The summed E-state index contributed by atoms with van der Waals surface area (Å²) in [4.78, 5) is 12.4. The molecule has 4 heteroatoms. The van der Waals surface area contributed by atoms with Gasteiger partial charge in [0.1, 0.15) is 5.75 Å². The summed E-state index contributed by atoms with van der Waals surface area (Å²) in [5.74, 6) is -0.0358. The molecule has 0 aliphatic heterocycles. The molecule has 0 aliphatic rings. The molecule has 2 nitrogen and oxygen atoms in total. The van der Waals surface area contributed by atoms with Crippen molar-refractivity contribution in [2.45, 2.75) is 0 Å². The van der Waals surface area contributed by atoms with Gasteiger partial charge in [-0.15, -0.1) is 11.3 Å². The van der Waals surface area contributed by atoms with Gasteiger partial charge < -0.3 is 5.11 Å². The first-order valence-electron chi connectivity index (χ1n) is 4.26. The number of thiophene rings is 1. The minimum atomic E-state index is -0.122. The van der Waals surface area contributed by atoms with Crippen LogP contribution in [-0.4, -0.2) is 10.9 Å². The SMILES string of the molecule is O=C(c1cccc(O)c1)c1ccc(Cl)s1. The van der Waals surface area contributed by atoms with Gasteiger partial charge in [-0.05, 0) is 24.3 Å². The second-order valence-corrected chi connectivity index (χ2v) is 4.70. The first-order chi connectivity index (χ1) is 7.16. The third kappa shape index (κ3) is 2.19. The third-order valence-corrected chi connectivity index (χ3v) is 3.14. The van der Waals surface area contributed by atoms with Crippen molar-refractivity contribution in [3.8, 4) is 5.75 Å². The van der Waals surface area contributed by atoms with Crippen molar-refractivity contribution in [3.63, 3.8) is 0 Å². The maximum atomic E-state index is 11.9. The van der Waals surface area contributed by atoms with E-state index in [4.69, 9.17) is 11.6 Å². The third-order valence-electron chi connectivity index (χ3n) is 1.91. The molecule has 0 saturated carbocycles. The highest BCUT2D eigenvalue weighted by Crippen LogP contribution is 2.24. The average molecular weight is 239 g/mol. The van der Waals surface area contributed by atoms with Crippen LogP contribution < -0.4 is 0 Å². The van der Waals surface area contributed by atoms with Crippen molar-refractivity contribution in [1.29, 1.82) is 0 Å². The van der Waals surface area contributed by atoms with E-state index in [2.05, 4.69) is 0 Å². The van der Waals surface area contributed by atoms with Gasteiger partial charge in [0, 0.05) is 5.56 Å². The fourth-order valence-corrected chi connectivity index (χ4v) is 2.23. The Hall–Kier alpha value is -1.32. The minimum Gasteiger partial charge on any atom is -0.508 e. The van der Waals surface area contributed by atoms with Crippen LogP contribution in [0, 0.1) is 0 Å². The maximum absolute atomic E-state index is 11.9. The molecule has 0 unspecified atom stereocenters. The van der Waals surface area contributed by atoms with Crippen LogP contribution in [-0.2, 0) is 0 Å². The number of carbonyl (C=O) groups is 1. The highest BCUT2D eigenvalue weighted by molar-refractivity contribution is 7.18. The molecule has 0 bridgehead atoms. The summed E-state index contributed by atoms with van der Waals surface area (Å²) < 4.78 is 0.582. The standard InChI is InChI=1S/C11H7ClO2S/c12-10-5-4-9(15-10)11(14)7-2-1-3-8(13)6-7/h1-6,13H. The number of hydrogen-bond acceptors (Lipinski definition) is 3. The zero-order valence-electron chi connectivity index (χ0n) is 7.61. The van der Waals surface area contributed by atoms with Crippen LogP contribution in [0.3, 0.4) is 0 Å². The summed E-state index contributed by atoms with van der Waals surface area (Å²) in [5.41, 5.74) is 0.466. The van der Waals surface area contributed by atoms with Gasteiger partial charge in [-0.2, -0.15) is 0 Å². The Morgan fingerprint density at radius 1 is 1.27 bits per heavy atom. The molecule has 1 aromatic carbocycles. The van der Waals surface area contributed by atoms with Crippen LogP contribution >= 0.6 is 22.9 Å². The molecule has 1 N–H and O–H groups in total. The van der Waals surface area contributed by atoms with E-state index >= 15 is 0 Å². The first-order valence-corrected chi connectivity index (χ1v) is 5.45. The van der Waals surface area contributed by atoms with Crippen molar-refractivity contribution in [2.24, 2.45) is 0 Å². The molecule has 1 heterocycles. The fourth-order valence-electron chi connectivity index (χ4n) is 1.23. The number of phenolic OH excluding ortho intramolecular Hbond substituents is 1. The number of halogens is 1. The van der Waals surface area contributed by atoms with Crippen molar-refractivity contribution < 1.29 is 9.90 Å². The van der Waals surface area contributed by atoms with E-state index in [0.29, 0.717) is 14.8 Å². The van der Waals surface area contributed by atoms with Crippen LogP contribution in [0.2, 0.25) is 4.34 Å². The summed E-state index contributed by atoms with van der Waals surface area (Å²) in [6.07, 6.45) is 0. The van der Waals surface area contributed by atoms with Crippen LogP contribution in [0.15, 0.2) is 36.4 Å². The maximum Gasteiger partial charge on any atom is 0.203 e. The predicted molar refractivity (Wildman–Crippen MR) is 60.9 cm³/mol. The summed E-state index contributed by atoms with van der Waals surface area (Å²) in [5, 5.41) is 9.24. The Balaban J connectivity index is 2.36. The number of phenols is 1. The van der Waals surface area contributed by atoms with Gasteiger partial charge in [0.25, 0.3) is 0 Å². The minimum absolute atomic E-state index is 0.0866. The molecular formula is C11H7ClO2S. The predicted octanol–water partition coefficient (Wildman–Crippen LogP) is 3.34. The van der Waals surface area contributed by atoms with Gasteiger partial charge in [-0.1, -0.05) is 23.7 Å². The van der Waals surface area contributed by atoms with E-state index in [-0.39, 0.29) is 11.5 Å². The Morgan fingerprint density at radius 2 is 2.07 bits per heavy atom. The number of benzene rings is 1. The lowest BCUT2D eigenvalue weighted by Gasteiger charge is -1.98. The molecule has 0 atom stereocenters. The van der Waals surface area contributed by atoms with Gasteiger partial charge in [-0.3, -0.25) is 4.79 Å². The molecule has 0 fully saturated rings. The topological polar surface area (TPSA) is 37.3 Å². The zero-order valence-corrected chi connectivity index (χ0v) is 9.18. The van der Waals surface area contributed by atoms with Gasteiger partial charge in [-0.25, -0.2) is 0 Å². The monoisotopic (exact) mass is 238 g/mol. The smallest absolute Gasteiger partial charge is 0.203 e. The number of rotatable bonds is 2. The van der Waals surface area contributed by atoms with E-state index in [1.165, 1.54) is 23.5 Å². The molecule has 15 heavy (non-hydrogen) atoms. The van der Waals surface area contributed by atoms with Crippen LogP contribution in [0.5, 0.6) is 5.75 Å². The average Bonchev–Trinajstić information content (AvgIpc) is 2.64. The molecule has 0 amide bonds. The lowest BCUT2D eigenvalue weighted by molar-refractivity contribution is 0.104. The molecule has 2 rings (SSSR count). The Bertz CT molecular complexity index is 505. The molecule has 0 saturated heterocycles. The molecule has 0 aliphatic carbocycles. The normalized spacial score (nSPS) is 10.2. The first kappa shape index (κ1) is 10.2. The van der Waals surface area contributed by atoms with Crippen LogP contribution in [0.4, 0.5) is 0 Å².